The normalized spacial score (nSPS) is 12.2. The van der Waals surface area contributed by atoms with Crippen LogP contribution in [0.3, 0.4) is 0 Å². The molecule has 1 aromatic carbocycles. The van der Waals surface area contributed by atoms with Crippen LogP contribution in [0.1, 0.15) is 37.4 Å². The zero-order chi connectivity index (χ0) is 12.8. The van der Waals surface area contributed by atoms with E-state index in [1.165, 1.54) is 5.56 Å². The maximum atomic E-state index is 5.36. The molecule has 0 bridgehead atoms. The van der Waals surface area contributed by atoms with Crippen LogP contribution in [-0.2, 0) is 0 Å². The van der Waals surface area contributed by atoms with Crippen LogP contribution in [0.15, 0.2) is 30.4 Å². The van der Waals surface area contributed by atoms with E-state index >= 15 is 0 Å². The molecule has 2 heteroatoms. The Hall–Kier alpha value is -1.28. The second-order valence-corrected chi connectivity index (χ2v) is 4.46. The quantitative estimate of drug-likeness (QED) is 0.758. The lowest BCUT2D eigenvalue weighted by Gasteiger charge is -2.20. The van der Waals surface area contributed by atoms with E-state index in [-0.39, 0.29) is 6.04 Å². The SMILES string of the molecule is C=C(C)C(NCCC)c1ccc(C)c(OC)c1. The Kier molecular flexibility index (Phi) is 5.23. The van der Waals surface area contributed by atoms with Gasteiger partial charge < -0.3 is 10.1 Å². The van der Waals surface area contributed by atoms with E-state index in [1.54, 1.807) is 7.11 Å². The van der Waals surface area contributed by atoms with Gasteiger partial charge in [-0.2, -0.15) is 0 Å². The molecule has 17 heavy (non-hydrogen) atoms. The van der Waals surface area contributed by atoms with Crippen molar-refractivity contribution in [3.05, 3.63) is 41.5 Å². The van der Waals surface area contributed by atoms with Gasteiger partial charge >= 0.3 is 0 Å². The largest absolute Gasteiger partial charge is 0.496 e. The minimum atomic E-state index is 0.212. The van der Waals surface area contributed by atoms with Crippen LogP contribution >= 0.6 is 0 Å². The summed E-state index contributed by atoms with van der Waals surface area (Å²) < 4.78 is 5.36. The van der Waals surface area contributed by atoms with E-state index < -0.39 is 0 Å². The molecule has 1 rings (SSSR count). The Morgan fingerprint density at radius 2 is 2.18 bits per heavy atom. The van der Waals surface area contributed by atoms with Gasteiger partial charge in [0.25, 0.3) is 0 Å². The van der Waals surface area contributed by atoms with Crippen LogP contribution in [0.2, 0.25) is 0 Å². The smallest absolute Gasteiger partial charge is 0.122 e. The summed E-state index contributed by atoms with van der Waals surface area (Å²) in [6, 6.07) is 6.54. The van der Waals surface area contributed by atoms with Gasteiger partial charge in [0.1, 0.15) is 5.75 Å². The number of hydrogen-bond acceptors (Lipinski definition) is 2. The molecular formula is C15H23NO. The number of methoxy groups -OCH3 is 1. The van der Waals surface area contributed by atoms with Crippen molar-refractivity contribution in [3.63, 3.8) is 0 Å². The molecule has 0 aliphatic carbocycles. The molecule has 0 aliphatic heterocycles. The highest BCUT2D eigenvalue weighted by molar-refractivity contribution is 5.39. The van der Waals surface area contributed by atoms with E-state index in [0.29, 0.717) is 0 Å². The maximum Gasteiger partial charge on any atom is 0.122 e. The van der Waals surface area contributed by atoms with Crippen molar-refractivity contribution in [2.75, 3.05) is 13.7 Å². The van der Waals surface area contributed by atoms with Gasteiger partial charge in [-0.25, -0.2) is 0 Å². The molecule has 2 nitrogen and oxygen atoms in total. The Labute approximate surface area is 105 Å². The first-order valence-corrected chi connectivity index (χ1v) is 6.13. The molecule has 1 N–H and O–H groups in total. The molecule has 1 unspecified atom stereocenters. The first-order valence-electron chi connectivity index (χ1n) is 6.13. The van der Waals surface area contributed by atoms with Gasteiger partial charge in [-0.3, -0.25) is 0 Å². The topological polar surface area (TPSA) is 21.3 Å². The second-order valence-electron chi connectivity index (χ2n) is 4.46. The van der Waals surface area contributed by atoms with Gasteiger partial charge in [0.05, 0.1) is 13.2 Å². The highest BCUT2D eigenvalue weighted by Gasteiger charge is 2.12. The van der Waals surface area contributed by atoms with E-state index in [0.717, 1.165) is 29.9 Å². The first kappa shape index (κ1) is 13.8. The third-order valence-electron chi connectivity index (χ3n) is 2.86. The number of rotatable bonds is 6. The van der Waals surface area contributed by atoms with Gasteiger partial charge in [0.2, 0.25) is 0 Å². The standard InChI is InChI=1S/C15H23NO/c1-6-9-16-15(11(2)3)13-8-7-12(4)14(10-13)17-5/h7-8,10,15-16H,2,6,9H2,1,3-5H3. The summed E-state index contributed by atoms with van der Waals surface area (Å²) in [6.45, 7) is 11.3. The molecule has 0 spiro atoms. The van der Waals surface area contributed by atoms with Crippen molar-refractivity contribution in [2.45, 2.75) is 33.2 Å². The van der Waals surface area contributed by atoms with Crippen LogP contribution in [0, 0.1) is 6.92 Å². The molecule has 0 heterocycles. The molecular weight excluding hydrogens is 210 g/mol. The average molecular weight is 233 g/mol. The highest BCUT2D eigenvalue weighted by atomic mass is 16.5. The van der Waals surface area contributed by atoms with E-state index in [1.807, 2.05) is 0 Å². The predicted octanol–water partition coefficient (Wildman–Crippen LogP) is 3.62. The fourth-order valence-electron chi connectivity index (χ4n) is 1.88. The van der Waals surface area contributed by atoms with Crippen LogP contribution < -0.4 is 10.1 Å². The molecule has 0 saturated carbocycles. The van der Waals surface area contributed by atoms with Crippen molar-refractivity contribution in [1.29, 1.82) is 0 Å². The number of nitrogens with one attached hydrogen (secondary N) is 1. The lowest BCUT2D eigenvalue weighted by molar-refractivity contribution is 0.410. The van der Waals surface area contributed by atoms with Gasteiger partial charge in [0, 0.05) is 0 Å². The fourth-order valence-corrected chi connectivity index (χ4v) is 1.88. The Morgan fingerprint density at radius 3 is 2.71 bits per heavy atom. The van der Waals surface area contributed by atoms with Crippen LogP contribution in [0.25, 0.3) is 0 Å². The molecule has 0 aromatic heterocycles. The maximum absolute atomic E-state index is 5.36. The Balaban J connectivity index is 2.97. The summed E-state index contributed by atoms with van der Waals surface area (Å²) in [4.78, 5) is 0. The van der Waals surface area contributed by atoms with Gasteiger partial charge in [-0.15, -0.1) is 0 Å². The molecule has 1 aromatic rings. The van der Waals surface area contributed by atoms with Crippen LogP contribution in [0.5, 0.6) is 5.75 Å². The van der Waals surface area contributed by atoms with Crippen molar-refractivity contribution >= 4 is 0 Å². The Morgan fingerprint density at radius 1 is 1.47 bits per heavy atom. The number of hydrogen-bond donors (Lipinski definition) is 1. The number of benzene rings is 1. The van der Waals surface area contributed by atoms with Crippen molar-refractivity contribution in [3.8, 4) is 5.75 Å². The average Bonchev–Trinajstić information content (AvgIpc) is 2.31. The van der Waals surface area contributed by atoms with E-state index in [9.17, 15) is 0 Å². The molecule has 1 atom stereocenters. The molecule has 0 fully saturated rings. The number of ether oxygens (including phenoxy) is 1. The lowest BCUT2D eigenvalue weighted by atomic mass is 9.99. The first-order chi connectivity index (χ1) is 8.10. The summed E-state index contributed by atoms with van der Waals surface area (Å²) in [7, 11) is 1.71. The monoisotopic (exact) mass is 233 g/mol. The Bertz CT molecular complexity index is 385. The van der Waals surface area contributed by atoms with E-state index in [4.69, 9.17) is 4.74 Å². The minimum Gasteiger partial charge on any atom is -0.496 e. The van der Waals surface area contributed by atoms with Crippen molar-refractivity contribution in [1.82, 2.24) is 5.32 Å². The molecule has 0 amide bonds. The van der Waals surface area contributed by atoms with E-state index in [2.05, 4.69) is 50.9 Å². The zero-order valence-electron chi connectivity index (χ0n) is 11.3. The highest BCUT2D eigenvalue weighted by Crippen LogP contribution is 2.26. The third-order valence-corrected chi connectivity index (χ3v) is 2.86. The minimum absolute atomic E-state index is 0.212. The fraction of sp³-hybridized carbons (Fsp3) is 0.467. The summed E-state index contributed by atoms with van der Waals surface area (Å²) >= 11 is 0. The molecule has 0 saturated heterocycles. The summed E-state index contributed by atoms with van der Waals surface area (Å²) in [6.07, 6.45) is 1.12. The van der Waals surface area contributed by atoms with Crippen LogP contribution in [-0.4, -0.2) is 13.7 Å². The lowest BCUT2D eigenvalue weighted by Crippen LogP contribution is -2.22. The van der Waals surface area contributed by atoms with Crippen molar-refractivity contribution < 1.29 is 4.74 Å². The predicted molar refractivity (Wildman–Crippen MR) is 73.6 cm³/mol. The third kappa shape index (κ3) is 3.60. The molecule has 94 valence electrons. The van der Waals surface area contributed by atoms with Gasteiger partial charge in [-0.1, -0.05) is 31.2 Å². The van der Waals surface area contributed by atoms with Gasteiger partial charge in [0.15, 0.2) is 0 Å². The summed E-state index contributed by atoms with van der Waals surface area (Å²) in [5.41, 5.74) is 3.50. The zero-order valence-corrected chi connectivity index (χ0v) is 11.3. The molecule has 0 aliphatic rings. The number of aryl methyl sites for hydroxylation is 1. The van der Waals surface area contributed by atoms with Gasteiger partial charge in [-0.05, 0) is 44.0 Å². The summed E-state index contributed by atoms with van der Waals surface area (Å²) in [5, 5.41) is 3.50. The summed E-state index contributed by atoms with van der Waals surface area (Å²) in [5.74, 6) is 0.937. The van der Waals surface area contributed by atoms with Crippen molar-refractivity contribution in [2.24, 2.45) is 0 Å². The second kappa shape index (κ2) is 6.45. The van der Waals surface area contributed by atoms with Crippen LogP contribution in [0.4, 0.5) is 0 Å². The molecule has 0 radical (unpaired) electrons.